The number of carbonyl (C=O) groups is 2. The Kier molecular flexibility index (Phi) is 6.53. The fourth-order valence-electron chi connectivity index (χ4n) is 4.09. The minimum Gasteiger partial charge on any atom is -0.385 e. The molecule has 2 fully saturated rings. The number of rotatable bonds is 6. The number of piperidine rings is 2. The molecule has 2 atom stereocenters. The van der Waals surface area contributed by atoms with E-state index in [9.17, 15) is 9.59 Å². The minimum absolute atomic E-state index is 0.0590. The number of aromatic nitrogens is 1. The number of ether oxygens (including phenoxy) is 1. The van der Waals surface area contributed by atoms with E-state index in [1.165, 1.54) is 11.8 Å². The zero-order valence-electron chi connectivity index (χ0n) is 15.5. The Balaban J connectivity index is 1.67. The number of pyridine rings is 1. The molecule has 1 aromatic rings. The number of fused-ring (bicyclic) bond motifs is 1. The molecule has 0 bridgehead atoms. The number of nitrogens with zero attached hydrogens (tertiary/aromatic N) is 3. The summed E-state index contributed by atoms with van der Waals surface area (Å²) in [6.07, 6.45) is 6.83. The molecular weight excluding hydrogens is 350 g/mol. The van der Waals surface area contributed by atoms with Gasteiger partial charge in [0.05, 0.1) is 5.56 Å². The predicted octanol–water partition coefficient (Wildman–Crippen LogP) is 2.29. The van der Waals surface area contributed by atoms with Crippen molar-refractivity contribution in [1.29, 1.82) is 0 Å². The van der Waals surface area contributed by atoms with Crippen LogP contribution in [0.25, 0.3) is 0 Å². The first-order chi connectivity index (χ1) is 12.7. The van der Waals surface area contributed by atoms with Crippen molar-refractivity contribution in [3.05, 3.63) is 23.9 Å². The second-order valence-corrected chi connectivity index (χ2v) is 7.69. The van der Waals surface area contributed by atoms with Gasteiger partial charge in [-0.05, 0) is 43.6 Å². The van der Waals surface area contributed by atoms with Gasteiger partial charge in [0.15, 0.2) is 0 Å². The fourth-order valence-corrected chi connectivity index (χ4v) is 4.63. The van der Waals surface area contributed by atoms with Gasteiger partial charge in [-0.2, -0.15) is 0 Å². The molecule has 2 saturated heterocycles. The SMILES string of the molecule is COCCCN1C(=O)CC[C@H]2CN(C(=O)c3cccnc3SC)CC[C@H]21. The molecule has 0 N–H and O–H groups in total. The third-order valence-corrected chi connectivity index (χ3v) is 6.09. The molecule has 0 aromatic carbocycles. The summed E-state index contributed by atoms with van der Waals surface area (Å²) < 4.78 is 5.12. The second kappa shape index (κ2) is 8.86. The van der Waals surface area contributed by atoms with Gasteiger partial charge in [-0.15, -0.1) is 11.8 Å². The Morgan fingerprint density at radius 1 is 1.42 bits per heavy atom. The maximum atomic E-state index is 13.0. The molecule has 0 unspecified atom stereocenters. The quantitative estimate of drug-likeness (QED) is 0.562. The van der Waals surface area contributed by atoms with Gasteiger partial charge < -0.3 is 14.5 Å². The van der Waals surface area contributed by atoms with E-state index >= 15 is 0 Å². The van der Waals surface area contributed by atoms with Gasteiger partial charge in [0.25, 0.3) is 5.91 Å². The Morgan fingerprint density at radius 3 is 3.04 bits per heavy atom. The number of hydrogen-bond donors (Lipinski definition) is 0. The second-order valence-electron chi connectivity index (χ2n) is 6.90. The minimum atomic E-state index is 0.0590. The highest BCUT2D eigenvalue weighted by Gasteiger charge is 2.40. The van der Waals surface area contributed by atoms with E-state index in [0.717, 1.165) is 37.4 Å². The van der Waals surface area contributed by atoms with Crippen LogP contribution in [-0.4, -0.2) is 72.2 Å². The molecule has 26 heavy (non-hydrogen) atoms. The largest absolute Gasteiger partial charge is 0.385 e. The zero-order chi connectivity index (χ0) is 18.5. The van der Waals surface area contributed by atoms with E-state index in [0.29, 0.717) is 31.1 Å². The van der Waals surface area contributed by atoms with Crippen LogP contribution in [-0.2, 0) is 9.53 Å². The number of hydrogen-bond acceptors (Lipinski definition) is 5. The summed E-state index contributed by atoms with van der Waals surface area (Å²) in [7, 11) is 1.69. The number of amides is 2. The number of carbonyl (C=O) groups excluding carboxylic acids is 2. The van der Waals surface area contributed by atoms with E-state index in [2.05, 4.69) is 4.98 Å². The highest BCUT2D eigenvalue weighted by molar-refractivity contribution is 7.98. The molecule has 7 heteroatoms. The smallest absolute Gasteiger partial charge is 0.256 e. The highest BCUT2D eigenvalue weighted by Crippen LogP contribution is 2.32. The van der Waals surface area contributed by atoms with E-state index < -0.39 is 0 Å². The lowest BCUT2D eigenvalue weighted by Gasteiger charge is -2.47. The van der Waals surface area contributed by atoms with Gasteiger partial charge in [-0.25, -0.2) is 4.98 Å². The lowest BCUT2D eigenvalue weighted by Crippen LogP contribution is -2.57. The zero-order valence-corrected chi connectivity index (χ0v) is 16.3. The van der Waals surface area contributed by atoms with Gasteiger partial charge in [0, 0.05) is 52.0 Å². The topological polar surface area (TPSA) is 62.7 Å². The van der Waals surface area contributed by atoms with Gasteiger partial charge >= 0.3 is 0 Å². The first-order valence-electron chi connectivity index (χ1n) is 9.22. The van der Waals surface area contributed by atoms with Crippen LogP contribution in [0.3, 0.4) is 0 Å². The molecule has 0 spiro atoms. The first kappa shape index (κ1) is 19.2. The van der Waals surface area contributed by atoms with E-state index in [4.69, 9.17) is 4.74 Å². The van der Waals surface area contributed by atoms with Crippen molar-refractivity contribution >= 4 is 23.6 Å². The van der Waals surface area contributed by atoms with Crippen molar-refractivity contribution in [2.24, 2.45) is 5.92 Å². The molecule has 2 aliphatic rings. The molecule has 142 valence electrons. The Hall–Kier alpha value is -1.60. The van der Waals surface area contributed by atoms with E-state index in [1.807, 2.05) is 28.2 Å². The lowest BCUT2D eigenvalue weighted by atomic mass is 9.83. The van der Waals surface area contributed by atoms with Crippen molar-refractivity contribution in [3.8, 4) is 0 Å². The monoisotopic (exact) mass is 377 g/mol. The standard InChI is InChI=1S/C19H27N3O3S/c1-25-12-4-10-22-16-8-11-21(13-14(16)6-7-17(22)23)19(24)15-5-3-9-20-18(15)26-2/h3,5,9,14,16H,4,6-8,10-13H2,1-2H3/t14-,16+/m0/s1. The summed E-state index contributed by atoms with van der Waals surface area (Å²) >= 11 is 1.50. The van der Waals surface area contributed by atoms with E-state index in [1.54, 1.807) is 13.3 Å². The summed E-state index contributed by atoms with van der Waals surface area (Å²) in [6, 6.07) is 3.93. The van der Waals surface area contributed by atoms with Crippen molar-refractivity contribution in [2.75, 3.05) is 39.6 Å². The van der Waals surface area contributed by atoms with Gasteiger partial charge in [0.2, 0.25) is 5.91 Å². The molecular formula is C19H27N3O3S. The number of thioether (sulfide) groups is 1. The Labute approximate surface area is 159 Å². The molecule has 0 radical (unpaired) electrons. The number of methoxy groups -OCH3 is 1. The van der Waals surface area contributed by atoms with Crippen LogP contribution in [0.15, 0.2) is 23.4 Å². The third kappa shape index (κ3) is 4.04. The lowest BCUT2D eigenvalue weighted by molar-refractivity contribution is -0.140. The summed E-state index contributed by atoms with van der Waals surface area (Å²) in [6.45, 7) is 2.84. The van der Waals surface area contributed by atoms with Crippen LogP contribution in [0.1, 0.15) is 36.0 Å². The molecule has 2 amide bonds. The third-order valence-electron chi connectivity index (χ3n) is 5.37. The average molecular weight is 378 g/mol. The first-order valence-corrected chi connectivity index (χ1v) is 10.4. The van der Waals surface area contributed by atoms with Crippen molar-refractivity contribution in [1.82, 2.24) is 14.8 Å². The fraction of sp³-hybridized carbons (Fsp3) is 0.632. The molecule has 3 rings (SSSR count). The van der Waals surface area contributed by atoms with E-state index in [-0.39, 0.29) is 17.9 Å². The van der Waals surface area contributed by atoms with Gasteiger partial charge in [-0.1, -0.05) is 0 Å². The molecule has 2 aliphatic heterocycles. The average Bonchev–Trinajstić information content (AvgIpc) is 2.68. The van der Waals surface area contributed by atoms with Gasteiger partial charge in [0.1, 0.15) is 5.03 Å². The van der Waals surface area contributed by atoms with Crippen LogP contribution in [0.4, 0.5) is 0 Å². The maximum Gasteiger partial charge on any atom is 0.256 e. The van der Waals surface area contributed by atoms with Crippen molar-refractivity contribution in [3.63, 3.8) is 0 Å². The summed E-state index contributed by atoms with van der Waals surface area (Å²) in [4.78, 5) is 33.6. The van der Waals surface area contributed by atoms with Gasteiger partial charge in [-0.3, -0.25) is 9.59 Å². The molecule has 1 aromatic heterocycles. The molecule has 0 saturated carbocycles. The van der Waals surface area contributed by atoms with Crippen LogP contribution in [0.5, 0.6) is 0 Å². The van der Waals surface area contributed by atoms with Crippen LogP contribution in [0, 0.1) is 5.92 Å². The highest BCUT2D eigenvalue weighted by atomic mass is 32.2. The van der Waals surface area contributed by atoms with Crippen molar-refractivity contribution in [2.45, 2.75) is 36.8 Å². The molecule has 0 aliphatic carbocycles. The Bertz CT molecular complexity index is 655. The summed E-state index contributed by atoms with van der Waals surface area (Å²) in [5, 5.41) is 0.777. The Morgan fingerprint density at radius 2 is 2.27 bits per heavy atom. The molecule has 3 heterocycles. The number of likely N-dealkylation sites (tertiary alicyclic amines) is 2. The maximum absolute atomic E-state index is 13.0. The predicted molar refractivity (Wildman–Crippen MR) is 101 cm³/mol. The van der Waals surface area contributed by atoms with Crippen LogP contribution in [0.2, 0.25) is 0 Å². The summed E-state index contributed by atoms with van der Waals surface area (Å²) in [5.41, 5.74) is 0.683. The van der Waals surface area contributed by atoms with Crippen LogP contribution < -0.4 is 0 Å². The summed E-state index contributed by atoms with van der Waals surface area (Å²) in [5.74, 6) is 0.671. The van der Waals surface area contributed by atoms with Crippen molar-refractivity contribution < 1.29 is 14.3 Å². The normalized spacial score (nSPS) is 23.1. The molecule has 6 nitrogen and oxygen atoms in total. The van der Waals surface area contributed by atoms with Crippen LogP contribution >= 0.6 is 11.8 Å².